The van der Waals surface area contributed by atoms with Crippen molar-refractivity contribution < 1.29 is 112 Å². The minimum atomic E-state index is -4.90. The zero-order valence-corrected chi connectivity index (χ0v) is 70.2. The highest BCUT2D eigenvalue weighted by molar-refractivity contribution is 9.10. The van der Waals surface area contributed by atoms with Crippen molar-refractivity contribution in [3.63, 3.8) is 0 Å². The number of hydrogen-bond acceptors (Lipinski definition) is 9. The molecule has 3 fully saturated rings. The predicted octanol–water partition coefficient (Wildman–Crippen LogP) is 18.4. The smallest absolute Gasteiger partial charge is 0.419 e. The molecule has 16 rings (SSSR count). The van der Waals surface area contributed by atoms with Crippen molar-refractivity contribution in [2.24, 2.45) is 0 Å². The van der Waals surface area contributed by atoms with E-state index in [0.29, 0.717) is 88.1 Å². The quantitative estimate of drug-likeness (QED) is 0.0863. The van der Waals surface area contributed by atoms with Crippen LogP contribution in [0.1, 0.15) is 74.6 Å². The molecule has 1 N–H and O–H groups in total. The Kier molecular flexibility index (Phi) is 28.0. The lowest BCUT2D eigenvalue weighted by molar-refractivity contribution is -0.140. The second kappa shape index (κ2) is 37.8. The standard InChI is InChI=1S/C24H20F4N2O3.C21H17BrF5N3O2.C21H18F5N3O2.C15H10F4N2O.C6H9ClFNO/c1-14-12-29(13-16-4-6-17(32-2)11-21(16)33-3)23(31)22-18(8-9-30(14)22)15-5-7-20(25)19(10-15)24(26,27)28;1-11-8-29(10-18(31)28-5-4-13(23)9-28)20(32)19-14(7-17(22)30(11)19)12-2-3-16(24)15(6-12)21(25,26)27;1-12-9-28(11-18(30)27-6-4-14(22)10-27)20(31)19-15(5-7-29(12)19)13-2-3-17(23)16(8-13)21(24,25)26;1-8-7-20-14(22)13-10(4-5-21(8)13)9-2-3-12(16)11(6-9)15(17,18)19;7-3-6(10)9-2-1-5(8)4-9/h4-11H,1,12-13H2,2-3H3;2-3,6-8,13H,4-5,9-10H2,1H3;2-3,5,7-9,14H,4,6,10-11H2,1H3;2-7H,1H3,(H,20,22);5H,1-4H2. The van der Waals surface area contributed by atoms with Gasteiger partial charge in [0.05, 0.1) is 73.8 Å². The number of halogens is 21. The summed E-state index contributed by atoms with van der Waals surface area (Å²) in [5.74, 6) is -5.85. The number of ether oxygens (including phenoxy) is 2. The van der Waals surface area contributed by atoms with Crippen LogP contribution >= 0.6 is 27.5 Å². The number of nitrogens with zero attached hydrogens (tertiary/aromatic N) is 10. The lowest BCUT2D eigenvalue weighted by Gasteiger charge is -2.31. The number of benzene rings is 5. The highest BCUT2D eigenvalue weighted by atomic mass is 79.9. The summed E-state index contributed by atoms with van der Waals surface area (Å²) in [4.78, 5) is 95.7. The number of likely N-dealkylation sites (tertiary alicyclic amines) is 3. The molecule has 5 aromatic carbocycles. The Labute approximate surface area is 726 Å². The van der Waals surface area contributed by atoms with Gasteiger partial charge in [-0.2, -0.15) is 52.7 Å². The molecule has 0 aliphatic carbocycles. The molecule has 128 heavy (non-hydrogen) atoms. The second-order valence-electron chi connectivity index (χ2n) is 30.1. The van der Waals surface area contributed by atoms with Crippen molar-refractivity contribution in [1.82, 2.24) is 51.5 Å². The zero-order valence-electron chi connectivity index (χ0n) is 67.9. The number of carbonyl (C=O) groups excluding carboxylic acids is 4. The van der Waals surface area contributed by atoms with Crippen LogP contribution in [0.3, 0.4) is 0 Å². The maximum absolute atomic E-state index is 13.8. The molecular formula is C87H74BrClF19N11O9. The SMILES string of the molecule is C=C1CN(Cc2ccc(OC)cc2OC)C(=O)c2c(-c3ccc(F)c(C(F)(F)F)c3)ccn21.Cc1c[nH]c(=O)c2c(-c3ccc(F)c(C(F)(F)F)c3)ccn12.Cc1cn(CC(=O)N2CCC(F)C2)c(=O)c2c(-c3ccc(F)c(C(F)(F)F)c3)cc(Br)n12.Cc1cn(CC(=O)N2CCC(F)C2)c(=O)c2c(-c3ccc(F)c(C(F)(F)F)c3)ccn12.O=C(CCl)N1CCC(F)C1. The molecule has 41 heteroatoms. The highest BCUT2D eigenvalue weighted by Crippen LogP contribution is 2.42. The van der Waals surface area contributed by atoms with Crippen molar-refractivity contribution in [3.05, 3.63) is 269 Å². The number of alkyl halides is 16. The molecule has 20 nitrogen and oxygen atoms in total. The monoisotopic (exact) mass is 1890 g/mol. The number of hydrogen-bond donors (Lipinski definition) is 1. The van der Waals surface area contributed by atoms with Crippen LogP contribution in [0.4, 0.5) is 83.4 Å². The normalized spacial score (nSPS) is 15.9. The van der Waals surface area contributed by atoms with E-state index in [-0.39, 0.29) is 145 Å². The van der Waals surface area contributed by atoms with Gasteiger partial charge in [0.25, 0.3) is 22.6 Å². The molecule has 4 amide bonds. The van der Waals surface area contributed by atoms with Gasteiger partial charge in [-0.1, -0.05) is 30.8 Å². The summed E-state index contributed by atoms with van der Waals surface area (Å²) in [6.07, 6.45) is -12.4. The number of methoxy groups -OCH3 is 2. The summed E-state index contributed by atoms with van der Waals surface area (Å²) in [5.41, 5.74) is -2.47. The van der Waals surface area contributed by atoms with Crippen molar-refractivity contribution in [2.45, 2.75) is 103 Å². The summed E-state index contributed by atoms with van der Waals surface area (Å²) >= 11 is 8.58. The van der Waals surface area contributed by atoms with Gasteiger partial charge in [0, 0.05) is 113 Å². The molecule has 7 aromatic heterocycles. The van der Waals surface area contributed by atoms with Crippen LogP contribution in [0, 0.1) is 44.0 Å². The maximum Gasteiger partial charge on any atom is 0.419 e. The molecule has 0 saturated carbocycles. The van der Waals surface area contributed by atoms with Crippen LogP contribution in [0.2, 0.25) is 0 Å². The fraction of sp³-hybridized carbons (Fsp3) is 0.299. The number of aromatic nitrogens is 7. The van der Waals surface area contributed by atoms with Gasteiger partial charge in [0.2, 0.25) is 17.7 Å². The van der Waals surface area contributed by atoms with Crippen molar-refractivity contribution in [3.8, 4) is 56.0 Å². The Bertz CT molecular complexity index is 6480. The molecule has 4 aliphatic heterocycles. The number of aryl methyl sites for hydroxylation is 3. The third kappa shape index (κ3) is 20.4. The van der Waals surface area contributed by atoms with Gasteiger partial charge in [-0.25, -0.2) is 30.7 Å². The van der Waals surface area contributed by atoms with Crippen LogP contribution in [-0.2, 0) is 58.7 Å². The summed E-state index contributed by atoms with van der Waals surface area (Å²) < 4.78 is 270. The number of aromatic amines is 1. The van der Waals surface area contributed by atoms with E-state index in [2.05, 4.69) is 27.5 Å². The van der Waals surface area contributed by atoms with Gasteiger partial charge in [0.15, 0.2) is 0 Å². The largest absolute Gasteiger partial charge is 0.497 e. The van der Waals surface area contributed by atoms with Crippen molar-refractivity contribution in [2.75, 3.05) is 65.9 Å². The third-order valence-corrected chi connectivity index (χ3v) is 22.3. The minimum absolute atomic E-state index is 0.00214. The Morgan fingerprint density at radius 1 is 0.500 bits per heavy atom. The first-order valence-corrected chi connectivity index (χ1v) is 40.0. The molecule has 3 saturated heterocycles. The Morgan fingerprint density at radius 2 is 0.914 bits per heavy atom. The first-order valence-electron chi connectivity index (χ1n) is 38.7. The van der Waals surface area contributed by atoms with Gasteiger partial charge in [-0.05, 0) is 163 Å². The fourth-order valence-electron chi connectivity index (χ4n) is 15.2. The van der Waals surface area contributed by atoms with E-state index in [9.17, 15) is 117 Å². The second-order valence-corrected chi connectivity index (χ2v) is 31.1. The minimum Gasteiger partial charge on any atom is -0.497 e. The molecule has 4 aliphatic rings. The highest BCUT2D eigenvalue weighted by Gasteiger charge is 2.40. The number of carbonyl (C=O) groups is 4. The van der Waals surface area contributed by atoms with Crippen molar-refractivity contribution >= 4 is 73.4 Å². The van der Waals surface area contributed by atoms with E-state index in [1.807, 2.05) is 0 Å². The topological polar surface area (TPSA) is 195 Å². The summed E-state index contributed by atoms with van der Waals surface area (Å²) in [5, 5.41) is 0. The van der Waals surface area contributed by atoms with E-state index in [4.69, 9.17) is 21.1 Å². The molecule has 11 heterocycles. The molecule has 3 unspecified atom stereocenters. The summed E-state index contributed by atoms with van der Waals surface area (Å²) in [6.45, 7) is 10.1. The first-order chi connectivity index (χ1) is 60.2. The number of fused-ring (bicyclic) bond motifs is 4. The van der Waals surface area contributed by atoms with Gasteiger partial charge >= 0.3 is 24.7 Å². The van der Waals surface area contributed by atoms with Crippen LogP contribution in [0.5, 0.6) is 11.5 Å². The average Bonchev–Trinajstić information content (AvgIpc) is 1.60. The molecule has 678 valence electrons. The van der Waals surface area contributed by atoms with E-state index >= 15 is 0 Å². The van der Waals surface area contributed by atoms with E-state index in [0.717, 1.165) is 38.6 Å². The summed E-state index contributed by atoms with van der Waals surface area (Å²) in [7, 11) is 3.03. The van der Waals surface area contributed by atoms with Crippen LogP contribution < -0.4 is 26.2 Å². The number of amides is 4. The van der Waals surface area contributed by atoms with E-state index < -0.39 is 123 Å². The lowest BCUT2D eigenvalue weighted by Crippen LogP contribution is -2.38. The molecule has 0 bridgehead atoms. The number of rotatable bonds is 13. The van der Waals surface area contributed by atoms with Gasteiger partial charge < -0.3 is 61.0 Å². The maximum atomic E-state index is 13.8. The fourth-order valence-corrected chi connectivity index (χ4v) is 16.0. The number of H-pyrrole nitrogens is 1. The summed E-state index contributed by atoms with van der Waals surface area (Å²) in [6, 6.07) is 21.7. The Hall–Kier alpha value is -12.5. The van der Waals surface area contributed by atoms with Gasteiger partial charge in [-0.15, -0.1) is 11.6 Å². The van der Waals surface area contributed by atoms with Crippen LogP contribution in [-0.4, -0.2) is 160 Å². The molecular weight excluding hydrogens is 1820 g/mol. The molecule has 0 radical (unpaired) electrons. The van der Waals surface area contributed by atoms with E-state index in [1.54, 1.807) is 60.3 Å². The van der Waals surface area contributed by atoms with Gasteiger partial charge in [0.1, 0.15) is 94.5 Å². The number of nitrogens with one attached hydrogen (secondary N) is 1. The predicted molar refractivity (Wildman–Crippen MR) is 438 cm³/mol. The molecule has 3 atom stereocenters. The van der Waals surface area contributed by atoms with E-state index in [1.165, 1.54) is 110 Å². The average molecular weight is 1890 g/mol. The lowest BCUT2D eigenvalue weighted by atomic mass is 10.0. The van der Waals surface area contributed by atoms with Gasteiger partial charge in [-0.3, -0.25) is 33.6 Å². The zero-order chi connectivity index (χ0) is 93.4. The van der Waals surface area contributed by atoms with Crippen molar-refractivity contribution in [1.29, 1.82) is 0 Å². The van der Waals surface area contributed by atoms with Crippen LogP contribution in [0.15, 0.2) is 178 Å². The Balaban J connectivity index is 0.000000150. The first kappa shape index (κ1) is 94.6. The third-order valence-electron chi connectivity index (χ3n) is 21.5. The Morgan fingerprint density at radius 3 is 1.34 bits per heavy atom. The molecule has 12 aromatic rings. The molecule has 0 spiro atoms. The van der Waals surface area contributed by atoms with Crippen LogP contribution in [0.25, 0.3) is 66.8 Å².